The Hall–Kier alpha value is -2.36. The van der Waals surface area contributed by atoms with E-state index < -0.39 is 12.0 Å². The molecule has 110 valence electrons. The molecule has 4 heteroatoms. The monoisotopic (exact) mass is 285 g/mol. The summed E-state index contributed by atoms with van der Waals surface area (Å²) in [4.78, 5) is 23.4. The van der Waals surface area contributed by atoms with Crippen molar-refractivity contribution in [1.29, 1.82) is 0 Å². The van der Waals surface area contributed by atoms with Crippen molar-refractivity contribution in [2.24, 2.45) is 0 Å². The minimum atomic E-state index is -0.988. The lowest BCUT2D eigenvalue weighted by Gasteiger charge is -2.14. The lowest BCUT2D eigenvalue weighted by Crippen LogP contribution is -2.40. The van der Waals surface area contributed by atoms with Gasteiger partial charge in [-0.25, -0.2) is 4.79 Å². The van der Waals surface area contributed by atoms with E-state index in [0.717, 1.165) is 23.6 Å². The number of aliphatic carboxylic acids is 1. The molecule has 0 saturated carbocycles. The molecule has 2 rings (SSSR count). The van der Waals surface area contributed by atoms with Crippen molar-refractivity contribution in [1.82, 2.24) is 5.32 Å². The Bertz CT molecular complexity index is 651. The summed E-state index contributed by atoms with van der Waals surface area (Å²) in [6, 6.07) is 12.3. The first kappa shape index (κ1) is 15.0. The van der Waals surface area contributed by atoms with E-state index in [2.05, 4.69) is 5.32 Å². The Morgan fingerprint density at radius 2 is 1.86 bits per heavy atom. The fourth-order valence-corrected chi connectivity index (χ4v) is 2.24. The van der Waals surface area contributed by atoms with Crippen molar-refractivity contribution in [3.05, 3.63) is 48.0 Å². The maximum absolute atomic E-state index is 12.2. The van der Waals surface area contributed by atoms with E-state index in [1.54, 1.807) is 12.1 Å². The standard InChI is InChI=1S/C17H19NO3/c1-2-3-8-15(17(20)21)18-16(19)14-10-9-12-6-4-5-7-13(12)11-14/h4-7,9-11,15H,2-3,8H2,1H3,(H,18,19)(H,20,21)/t15-/m1/s1. The van der Waals surface area contributed by atoms with Crippen molar-refractivity contribution in [3.8, 4) is 0 Å². The van der Waals surface area contributed by atoms with Gasteiger partial charge >= 0.3 is 5.97 Å². The van der Waals surface area contributed by atoms with Crippen molar-refractivity contribution in [2.75, 3.05) is 0 Å². The Morgan fingerprint density at radius 3 is 2.52 bits per heavy atom. The highest BCUT2D eigenvalue weighted by Crippen LogP contribution is 2.16. The van der Waals surface area contributed by atoms with Crippen molar-refractivity contribution in [3.63, 3.8) is 0 Å². The topological polar surface area (TPSA) is 66.4 Å². The summed E-state index contributed by atoms with van der Waals surface area (Å²) in [6.07, 6.45) is 2.12. The van der Waals surface area contributed by atoms with Crippen LogP contribution in [0.5, 0.6) is 0 Å². The maximum Gasteiger partial charge on any atom is 0.326 e. The fourth-order valence-electron chi connectivity index (χ4n) is 2.24. The first-order chi connectivity index (χ1) is 10.1. The number of amides is 1. The third kappa shape index (κ3) is 3.81. The summed E-state index contributed by atoms with van der Waals surface area (Å²) >= 11 is 0. The molecular weight excluding hydrogens is 266 g/mol. The molecule has 0 radical (unpaired) electrons. The molecule has 21 heavy (non-hydrogen) atoms. The summed E-state index contributed by atoms with van der Waals surface area (Å²) < 4.78 is 0. The van der Waals surface area contributed by atoms with Crippen LogP contribution in [0.1, 0.15) is 36.5 Å². The minimum absolute atomic E-state index is 0.343. The third-order valence-corrected chi connectivity index (χ3v) is 3.46. The largest absolute Gasteiger partial charge is 0.480 e. The van der Waals surface area contributed by atoms with Gasteiger partial charge in [0.15, 0.2) is 0 Å². The third-order valence-electron chi connectivity index (χ3n) is 3.46. The number of carbonyl (C=O) groups is 2. The van der Waals surface area contributed by atoms with Gasteiger partial charge in [-0.2, -0.15) is 0 Å². The van der Waals surface area contributed by atoms with Gasteiger partial charge in [-0.05, 0) is 29.3 Å². The number of hydrogen-bond donors (Lipinski definition) is 2. The number of rotatable bonds is 6. The summed E-state index contributed by atoms with van der Waals surface area (Å²) in [5.41, 5.74) is 0.483. The highest BCUT2D eigenvalue weighted by Gasteiger charge is 2.19. The van der Waals surface area contributed by atoms with Crippen molar-refractivity contribution < 1.29 is 14.7 Å². The van der Waals surface area contributed by atoms with Gasteiger partial charge in [0.25, 0.3) is 5.91 Å². The van der Waals surface area contributed by atoms with Crippen LogP contribution in [0.15, 0.2) is 42.5 Å². The smallest absolute Gasteiger partial charge is 0.326 e. The number of hydrogen-bond acceptors (Lipinski definition) is 2. The van der Waals surface area contributed by atoms with Gasteiger partial charge in [-0.1, -0.05) is 50.1 Å². The number of carboxylic acids is 1. The second-order valence-electron chi connectivity index (χ2n) is 5.07. The number of carbonyl (C=O) groups excluding carboxylic acids is 1. The predicted molar refractivity (Wildman–Crippen MR) is 82.4 cm³/mol. The second-order valence-corrected chi connectivity index (χ2v) is 5.07. The SMILES string of the molecule is CCCC[C@@H](NC(=O)c1ccc2ccccc2c1)C(=O)O. The van der Waals surface area contributed by atoms with Gasteiger partial charge in [0.2, 0.25) is 0 Å². The molecule has 2 aromatic rings. The van der Waals surface area contributed by atoms with Gasteiger partial charge in [0.1, 0.15) is 6.04 Å². The molecule has 0 bridgehead atoms. The van der Waals surface area contributed by atoms with E-state index in [1.165, 1.54) is 0 Å². The fraction of sp³-hybridized carbons (Fsp3) is 0.294. The molecule has 0 aliphatic rings. The molecule has 0 spiro atoms. The quantitative estimate of drug-likeness (QED) is 0.856. The van der Waals surface area contributed by atoms with E-state index in [4.69, 9.17) is 5.11 Å². The van der Waals surface area contributed by atoms with Crippen LogP contribution in [-0.2, 0) is 4.79 Å². The van der Waals surface area contributed by atoms with Gasteiger partial charge in [0.05, 0.1) is 0 Å². The first-order valence-corrected chi connectivity index (χ1v) is 7.14. The Kier molecular flexibility index (Phi) is 4.93. The van der Waals surface area contributed by atoms with E-state index in [9.17, 15) is 9.59 Å². The van der Waals surface area contributed by atoms with Crippen molar-refractivity contribution in [2.45, 2.75) is 32.2 Å². The molecule has 4 nitrogen and oxygen atoms in total. The zero-order chi connectivity index (χ0) is 15.2. The first-order valence-electron chi connectivity index (χ1n) is 7.14. The van der Waals surface area contributed by atoms with Crippen LogP contribution in [0, 0.1) is 0 Å². The Morgan fingerprint density at radius 1 is 1.14 bits per heavy atom. The minimum Gasteiger partial charge on any atom is -0.480 e. The summed E-state index contributed by atoms with van der Waals surface area (Å²) in [5, 5.41) is 13.8. The lowest BCUT2D eigenvalue weighted by molar-refractivity contribution is -0.139. The van der Waals surface area contributed by atoms with Crippen molar-refractivity contribution >= 4 is 22.6 Å². The molecule has 0 aliphatic heterocycles. The van der Waals surface area contributed by atoms with E-state index >= 15 is 0 Å². The van der Waals surface area contributed by atoms with E-state index in [-0.39, 0.29) is 5.91 Å². The van der Waals surface area contributed by atoms with Crippen LogP contribution >= 0.6 is 0 Å². The summed E-state index contributed by atoms with van der Waals surface area (Å²) in [6.45, 7) is 1.99. The summed E-state index contributed by atoms with van der Waals surface area (Å²) in [7, 11) is 0. The molecular formula is C17H19NO3. The predicted octanol–water partition coefficient (Wildman–Crippen LogP) is 3.21. The number of unbranched alkanes of at least 4 members (excludes halogenated alkanes) is 1. The number of nitrogens with one attached hydrogen (secondary N) is 1. The van der Waals surface area contributed by atoms with Crippen LogP contribution < -0.4 is 5.32 Å². The molecule has 0 unspecified atom stereocenters. The van der Waals surface area contributed by atoms with Crippen LogP contribution in [0.3, 0.4) is 0 Å². The zero-order valence-corrected chi connectivity index (χ0v) is 12.0. The molecule has 0 fully saturated rings. The van der Waals surface area contributed by atoms with E-state index in [0.29, 0.717) is 12.0 Å². The van der Waals surface area contributed by atoms with E-state index in [1.807, 2.05) is 37.3 Å². The average molecular weight is 285 g/mol. The van der Waals surface area contributed by atoms with Crippen LogP contribution in [0.2, 0.25) is 0 Å². The normalized spacial score (nSPS) is 12.0. The zero-order valence-electron chi connectivity index (χ0n) is 12.0. The average Bonchev–Trinajstić information content (AvgIpc) is 2.50. The molecule has 0 saturated heterocycles. The summed E-state index contributed by atoms with van der Waals surface area (Å²) in [5.74, 6) is -1.33. The maximum atomic E-state index is 12.2. The number of fused-ring (bicyclic) bond motifs is 1. The van der Waals surface area contributed by atoms with Gasteiger partial charge in [-0.15, -0.1) is 0 Å². The molecule has 2 aromatic carbocycles. The molecule has 0 aliphatic carbocycles. The Labute approximate surface area is 123 Å². The number of carboxylic acid groups (broad SMARTS) is 1. The van der Waals surface area contributed by atoms with Gasteiger partial charge < -0.3 is 10.4 Å². The van der Waals surface area contributed by atoms with Crippen LogP contribution in [-0.4, -0.2) is 23.0 Å². The molecule has 0 aromatic heterocycles. The molecule has 2 N–H and O–H groups in total. The molecule has 1 atom stereocenters. The molecule has 0 heterocycles. The van der Waals surface area contributed by atoms with Crippen LogP contribution in [0.25, 0.3) is 10.8 Å². The highest BCUT2D eigenvalue weighted by molar-refractivity contribution is 6.00. The second kappa shape index (κ2) is 6.88. The van der Waals surface area contributed by atoms with Gasteiger partial charge in [0, 0.05) is 5.56 Å². The van der Waals surface area contributed by atoms with Crippen LogP contribution in [0.4, 0.5) is 0 Å². The molecule has 1 amide bonds. The van der Waals surface area contributed by atoms with Gasteiger partial charge in [-0.3, -0.25) is 4.79 Å². The Balaban J connectivity index is 2.15. The lowest BCUT2D eigenvalue weighted by atomic mass is 10.1. The number of benzene rings is 2. The highest BCUT2D eigenvalue weighted by atomic mass is 16.4.